The standard InChI is InChI=1S/C10H10BrFO2/c1-7(13)5-8-3-2-4-9(10(8)11)14-6-12/h2-4H,5-6H2,1H3. The van der Waals surface area contributed by atoms with Gasteiger partial charge in [-0.15, -0.1) is 0 Å². The van der Waals surface area contributed by atoms with Crippen molar-refractivity contribution in [3.63, 3.8) is 0 Å². The van der Waals surface area contributed by atoms with E-state index < -0.39 is 6.86 Å². The summed E-state index contributed by atoms with van der Waals surface area (Å²) in [6.45, 7) is 0.636. The predicted molar refractivity (Wildman–Crippen MR) is 55.1 cm³/mol. The van der Waals surface area contributed by atoms with E-state index in [9.17, 15) is 9.18 Å². The van der Waals surface area contributed by atoms with E-state index in [0.29, 0.717) is 16.6 Å². The normalized spacial score (nSPS) is 9.93. The molecule has 0 amide bonds. The van der Waals surface area contributed by atoms with Gasteiger partial charge < -0.3 is 4.74 Å². The SMILES string of the molecule is CC(=O)Cc1cccc(OCF)c1Br. The van der Waals surface area contributed by atoms with Crippen molar-refractivity contribution in [2.45, 2.75) is 13.3 Å². The number of Topliss-reactive ketones (excluding diaryl/α,β-unsaturated/α-hetero) is 1. The molecule has 0 bridgehead atoms. The number of carbonyl (C=O) groups excluding carboxylic acids is 1. The van der Waals surface area contributed by atoms with Crippen LogP contribution < -0.4 is 4.74 Å². The summed E-state index contributed by atoms with van der Waals surface area (Å²) in [7, 11) is 0. The summed E-state index contributed by atoms with van der Waals surface area (Å²) in [5.41, 5.74) is 0.809. The van der Waals surface area contributed by atoms with Crippen LogP contribution in [0.15, 0.2) is 22.7 Å². The quantitative estimate of drug-likeness (QED) is 0.833. The van der Waals surface area contributed by atoms with E-state index >= 15 is 0 Å². The number of benzene rings is 1. The molecule has 1 aromatic rings. The van der Waals surface area contributed by atoms with Crippen molar-refractivity contribution < 1.29 is 13.9 Å². The van der Waals surface area contributed by atoms with Gasteiger partial charge in [-0.1, -0.05) is 12.1 Å². The van der Waals surface area contributed by atoms with E-state index in [1.807, 2.05) is 0 Å². The molecule has 0 aliphatic heterocycles. The van der Waals surface area contributed by atoms with Crippen molar-refractivity contribution in [2.75, 3.05) is 6.86 Å². The third-order valence-electron chi connectivity index (χ3n) is 1.69. The van der Waals surface area contributed by atoms with E-state index in [-0.39, 0.29) is 5.78 Å². The second kappa shape index (κ2) is 5.10. The van der Waals surface area contributed by atoms with Gasteiger partial charge in [0.2, 0.25) is 6.86 Å². The maximum absolute atomic E-state index is 11.9. The van der Waals surface area contributed by atoms with Crippen molar-refractivity contribution in [1.82, 2.24) is 0 Å². The molecule has 0 aliphatic rings. The molecule has 2 nitrogen and oxygen atoms in total. The second-order valence-electron chi connectivity index (χ2n) is 2.86. The van der Waals surface area contributed by atoms with Gasteiger partial charge in [-0.25, -0.2) is 4.39 Å². The Bertz CT molecular complexity index is 339. The Morgan fingerprint density at radius 1 is 1.57 bits per heavy atom. The molecule has 0 aromatic heterocycles. The fourth-order valence-electron chi connectivity index (χ4n) is 1.13. The molecule has 14 heavy (non-hydrogen) atoms. The Kier molecular flexibility index (Phi) is 4.07. The number of alkyl halides is 1. The van der Waals surface area contributed by atoms with Crippen LogP contribution in [0.2, 0.25) is 0 Å². The van der Waals surface area contributed by atoms with Crippen LogP contribution in [0.5, 0.6) is 5.75 Å². The molecular weight excluding hydrogens is 251 g/mol. The molecule has 0 N–H and O–H groups in total. The number of hydrogen-bond donors (Lipinski definition) is 0. The number of halogens is 2. The molecule has 0 spiro atoms. The van der Waals surface area contributed by atoms with Crippen molar-refractivity contribution in [3.05, 3.63) is 28.2 Å². The summed E-state index contributed by atoms with van der Waals surface area (Å²) < 4.78 is 17.3. The first-order valence-corrected chi connectivity index (χ1v) is 4.90. The molecule has 1 aromatic carbocycles. The highest BCUT2D eigenvalue weighted by Gasteiger charge is 2.07. The fraction of sp³-hybridized carbons (Fsp3) is 0.300. The van der Waals surface area contributed by atoms with Crippen LogP contribution in [0, 0.1) is 0 Å². The van der Waals surface area contributed by atoms with E-state index in [1.54, 1.807) is 18.2 Å². The Hall–Kier alpha value is -0.900. The zero-order valence-corrected chi connectivity index (χ0v) is 9.30. The highest BCUT2D eigenvalue weighted by molar-refractivity contribution is 9.10. The minimum Gasteiger partial charge on any atom is -0.462 e. The molecule has 76 valence electrons. The van der Waals surface area contributed by atoms with Gasteiger partial charge in [0.1, 0.15) is 11.5 Å². The molecule has 1 rings (SSSR count). The van der Waals surface area contributed by atoms with E-state index in [4.69, 9.17) is 4.74 Å². The number of hydrogen-bond acceptors (Lipinski definition) is 2. The van der Waals surface area contributed by atoms with E-state index in [2.05, 4.69) is 15.9 Å². The highest BCUT2D eigenvalue weighted by atomic mass is 79.9. The van der Waals surface area contributed by atoms with Gasteiger partial charge in [0, 0.05) is 6.42 Å². The van der Waals surface area contributed by atoms with E-state index in [1.165, 1.54) is 6.92 Å². The van der Waals surface area contributed by atoms with Crippen LogP contribution in [-0.2, 0) is 11.2 Å². The van der Waals surface area contributed by atoms with Crippen LogP contribution in [-0.4, -0.2) is 12.6 Å². The molecule has 0 radical (unpaired) electrons. The van der Waals surface area contributed by atoms with Gasteiger partial charge in [-0.3, -0.25) is 4.79 Å². The summed E-state index contributed by atoms with van der Waals surface area (Å²) in [5, 5.41) is 0. The van der Waals surface area contributed by atoms with Gasteiger partial charge in [-0.2, -0.15) is 0 Å². The Morgan fingerprint density at radius 3 is 2.86 bits per heavy atom. The Balaban J connectivity index is 2.94. The molecule has 0 atom stereocenters. The van der Waals surface area contributed by atoms with Crippen molar-refractivity contribution in [1.29, 1.82) is 0 Å². The predicted octanol–water partition coefficient (Wildman–Crippen LogP) is 2.89. The third kappa shape index (κ3) is 2.80. The Labute approximate surface area is 90.2 Å². The third-order valence-corrected chi connectivity index (χ3v) is 2.59. The first kappa shape index (κ1) is 11.2. The molecule has 0 unspecified atom stereocenters. The van der Waals surface area contributed by atoms with Crippen molar-refractivity contribution in [3.8, 4) is 5.75 Å². The van der Waals surface area contributed by atoms with Gasteiger partial charge >= 0.3 is 0 Å². The molecule has 0 heterocycles. The monoisotopic (exact) mass is 260 g/mol. The van der Waals surface area contributed by atoms with E-state index in [0.717, 1.165) is 5.56 Å². The summed E-state index contributed by atoms with van der Waals surface area (Å²) in [6.07, 6.45) is 0.323. The molecular formula is C10H10BrFO2. The van der Waals surface area contributed by atoms with Crippen molar-refractivity contribution >= 4 is 21.7 Å². The van der Waals surface area contributed by atoms with Gasteiger partial charge in [0.15, 0.2) is 0 Å². The van der Waals surface area contributed by atoms with Gasteiger partial charge in [0.05, 0.1) is 4.47 Å². The smallest absolute Gasteiger partial charge is 0.228 e. The average Bonchev–Trinajstić information content (AvgIpc) is 2.11. The minimum absolute atomic E-state index is 0.0584. The zero-order valence-electron chi connectivity index (χ0n) is 7.72. The summed E-state index contributed by atoms with van der Waals surface area (Å²) in [4.78, 5) is 10.9. The topological polar surface area (TPSA) is 26.3 Å². The lowest BCUT2D eigenvalue weighted by Crippen LogP contribution is -1.99. The lowest BCUT2D eigenvalue weighted by Gasteiger charge is -2.07. The number of rotatable bonds is 4. The highest BCUT2D eigenvalue weighted by Crippen LogP contribution is 2.29. The lowest BCUT2D eigenvalue weighted by molar-refractivity contribution is -0.116. The van der Waals surface area contributed by atoms with Crippen molar-refractivity contribution in [2.24, 2.45) is 0 Å². The average molecular weight is 261 g/mol. The lowest BCUT2D eigenvalue weighted by atomic mass is 10.1. The minimum atomic E-state index is -0.873. The Morgan fingerprint density at radius 2 is 2.29 bits per heavy atom. The van der Waals surface area contributed by atoms with Crippen LogP contribution >= 0.6 is 15.9 Å². The number of ether oxygens (including phenoxy) is 1. The maximum atomic E-state index is 11.9. The van der Waals surface area contributed by atoms with Crippen LogP contribution in [0.25, 0.3) is 0 Å². The molecule has 0 saturated heterocycles. The molecule has 4 heteroatoms. The summed E-state index contributed by atoms with van der Waals surface area (Å²) in [6, 6.07) is 5.18. The first-order chi connectivity index (χ1) is 6.65. The number of ketones is 1. The molecule has 0 saturated carbocycles. The van der Waals surface area contributed by atoms with Crippen LogP contribution in [0.1, 0.15) is 12.5 Å². The van der Waals surface area contributed by atoms with Gasteiger partial charge in [0.25, 0.3) is 0 Å². The summed E-state index contributed by atoms with van der Waals surface area (Å²) in [5.74, 6) is 0.481. The second-order valence-corrected chi connectivity index (χ2v) is 3.65. The van der Waals surface area contributed by atoms with Gasteiger partial charge in [-0.05, 0) is 34.5 Å². The van der Waals surface area contributed by atoms with Crippen LogP contribution in [0.3, 0.4) is 0 Å². The molecule has 0 fully saturated rings. The summed E-state index contributed by atoms with van der Waals surface area (Å²) >= 11 is 3.27. The van der Waals surface area contributed by atoms with Crippen LogP contribution in [0.4, 0.5) is 4.39 Å². The largest absolute Gasteiger partial charge is 0.462 e. The fourth-order valence-corrected chi connectivity index (χ4v) is 1.65. The molecule has 0 aliphatic carbocycles. The zero-order chi connectivity index (χ0) is 10.6. The first-order valence-electron chi connectivity index (χ1n) is 4.10. The number of carbonyl (C=O) groups is 1. The maximum Gasteiger partial charge on any atom is 0.228 e.